The van der Waals surface area contributed by atoms with Gasteiger partial charge in [-0.2, -0.15) is 0 Å². The molecule has 0 aromatic carbocycles. The smallest absolute Gasteiger partial charge is 0.151 e. The Labute approximate surface area is 84.2 Å². The monoisotopic (exact) mass is 214 g/mol. The Balaban J connectivity index is 3.07. The van der Waals surface area contributed by atoms with Gasteiger partial charge in [-0.05, 0) is 6.92 Å². The minimum atomic E-state index is -1.15. The van der Waals surface area contributed by atoms with Crippen molar-refractivity contribution in [1.29, 1.82) is 0 Å². The highest BCUT2D eigenvalue weighted by Crippen LogP contribution is 2.38. The number of epoxide rings is 1. The first-order valence-corrected chi connectivity index (χ1v) is 12.1. The van der Waals surface area contributed by atoms with Gasteiger partial charge in [-0.3, -0.25) is 0 Å². The Hall–Kier alpha value is -0.0262. The van der Waals surface area contributed by atoms with Crippen molar-refractivity contribution in [1.82, 2.24) is 0 Å². The molecule has 0 radical (unpaired) electrons. The van der Waals surface area contributed by atoms with Gasteiger partial charge in [-0.15, -0.1) is 0 Å². The van der Waals surface area contributed by atoms with E-state index in [2.05, 4.69) is 46.2 Å². The first kappa shape index (κ1) is 11.1. The molecule has 1 atom stereocenters. The predicted molar refractivity (Wildman–Crippen MR) is 64.3 cm³/mol. The van der Waals surface area contributed by atoms with Crippen molar-refractivity contribution in [2.75, 3.05) is 0 Å². The lowest BCUT2D eigenvalue weighted by atomic mass is 10.5. The Bertz CT molecular complexity index is 227. The minimum absolute atomic E-state index is 0.424. The predicted octanol–water partition coefficient (Wildman–Crippen LogP) is 3.41. The largest absolute Gasteiger partial charge is 0.484 e. The quantitative estimate of drug-likeness (QED) is 0.507. The average molecular weight is 214 g/mol. The van der Waals surface area contributed by atoms with Crippen molar-refractivity contribution in [2.45, 2.75) is 52.3 Å². The Morgan fingerprint density at radius 3 is 1.38 bits per heavy atom. The molecule has 76 valence electrons. The van der Waals surface area contributed by atoms with Crippen LogP contribution >= 0.6 is 0 Å². The minimum Gasteiger partial charge on any atom is -0.484 e. The second kappa shape index (κ2) is 2.99. The third-order valence-electron chi connectivity index (χ3n) is 2.36. The standard InChI is InChI=1S/C10H22OSi2/c1-8-9(11-8)10(12(2,3)4)13(5,6)7/h8H,1-7H3. The maximum Gasteiger partial charge on any atom is 0.151 e. The summed E-state index contributed by atoms with van der Waals surface area (Å²) >= 11 is 0. The normalized spacial score (nSPS) is 22.7. The zero-order valence-electron chi connectivity index (χ0n) is 9.99. The van der Waals surface area contributed by atoms with Crippen LogP contribution in [0, 0.1) is 0 Å². The summed E-state index contributed by atoms with van der Waals surface area (Å²) in [7, 11) is -2.30. The molecule has 3 heteroatoms. The molecule has 1 fully saturated rings. The van der Waals surface area contributed by atoms with Gasteiger partial charge in [0.1, 0.15) is 5.76 Å². The molecule has 1 rings (SSSR count). The van der Waals surface area contributed by atoms with Gasteiger partial charge in [0.2, 0.25) is 0 Å². The highest BCUT2D eigenvalue weighted by atomic mass is 28.4. The van der Waals surface area contributed by atoms with Crippen LogP contribution in [0.25, 0.3) is 0 Å². The molecule has 1 unspecified atom stereocenters. The molecule has 0 saturated carbocycles. The molecule has 0 N–H and O–H groups in total. The molecule has 0 bridgehead atoms. The van der Waals surface area contributed by atoms with Gasteiger partial charge in [0.25, 0.3) is 0 Å². The van der Waals surface area contributed by atoms with Gasteiger partial charge in [-0.25, -0.2) is 0 Å². The molecule has 1 heterocycles. The van der Waals surface area contributed by atoms with Crippen molar-refractivity contribution in [2.24, 2.45) is 0 Å². The van der Waals surface area contributed by atoms with E-state index >= 15 is 0 Å². The third kappa shape index (κ3) is 2.47. The van der Waals surface area contributed by atoms with Crippen LogP contribution in [0.1, 0.15) is 6.92 Å². The second-order valence-corrected chi connectivity index (χ2v) is 16.5. The molecular weight excluding hydrogens is 192 g/mol. The summed E-state index contributed by atoms with van der Waals surface area (Å²) in [6.45, 7) is 16.8. The maximum atomic E-state index is 5.58. The zero-order valence-corrected chi connectivity index (χ0v) is 12.0. The molecular formula is C10H22OSi2. The van der Waals surface area contributed by atoms with Gasteiger partial charge in [-0.1, -0.05) is 44.1 Å². The summed E-state index contributed by atoms with van der Waals surface area (Å²) in [5.74, 6) is 1.35. The van der Waals surface area contributed by atoms with Crippen LogP contribution in [-0.2, 0) is 4.74 Å². The van der Waals surface area contributed by atoms with Crippen molar-refractivity contribution in [3.63, 3.8) is 0 Å². The van der Waals surface area contributed by atoms with Crippen molar-refractivity contribution < 1.29 is 4.74 Å². The topological polar surface area (TPSA) is 12.5 Å². The van der Waals surface area contributed by atoms with Gasteiger partial charge < -0.3 is 4.74 Å². The van der Waals surface area contributed by atoms with Crippen molar-refractivity contribution >= 4 is 16.1 Å². The summed E-state index contributed by atoms with van der Waals surface area (Å²) < 4.78 is 5.58. The van der Waals surface area contributed by atoms with E-state index in [1.807, 2.05) is 0 Å². The summed E-state index contributed by atoms with van der Waals surface area (Å²) in [5.41, 5.74) is 0. The molecule has 0 aromatic heterocycles. The molecule has 13 heavy (non-hydrogen) atoms. The average Bonchev–Trinajstić information content (AvgIpc) is 2.37. The second-order valence-electron chi connectivity index (χ2n) is 6.00. The van der Waals surface area contributed by atoms with Crippen molar-refractivity contribution in [3.05, 3.63) is 10.6 Å². The van der Waals surface area contributed by atoms with E-state index < -0.39 is 16.1 Å². The van der Waals surface area contributed by atoms with E-state index in [4.69, 9.17) is 4.74 Å². The highest BCUT2D eigenvalue weighted by Gasteiger charge is 2.42. The van der Waals surface area contributed by atoms with Gasteiger partial charge in [0, 0.05) is 0 Å². The summed E-state index contributed by atoms with van der Waals surface area (Å²) in [5, 5.41) is 0. The molecule has 1 saturated heterocycles. The highest BCUT2D eigenvalue weighted by molar-refractivity contribution is 7.04. The first-order chi connectivity index (χ1) is 5.64. The summed E-state index contributed by atoms with van der Waals surface area (Å²) in [6, 6.07) is 0. The number of ether oxygens (including phenoxy) is 1. The van der Waals surface area contributed by atoms with E-state index in [0.717, 1.165) is 0 Å². The fourth-order valence-electron chi connectivity index (χ4n) is 2.28. The first-order valence-electron chi connectivity index (χ1n) is 5.06. The molecule has 1 aliphatic heterocycles. The van der Waals surface area contributed by atoms with E-state index in [1.165, 1.54) is 5.76 Å². The van der Waals surface area contributed by atoms with Crippen LogP contribution in [-0.4, -0.2) is 22.3 Å². The number of hydrogen-bond donors (Lipinski definition) is 0. The number of rotatable bonds is 2. The van der Waals surface area contributed by atoms with Crippen molar-refractivity contribution in [3.8, 4) is 0 Å². The van der Waals surface area contributed by atoms with Crippen LogP contribution < -0.4 is 0 Å². The fraction of sp³-hybridized carbons (Fsp3) is 0.800. The van der Waals surface area contributed by atoms with E-state index in [9.17, 15) is 0 Å². The number of hydrogen-bond acceptors (Lipinski definition) is 1. The summed E-state index contributed by atoms with van der Waals surface area (Å²) in [4.78, 5) is 1.74. The molecule has 0 aromatic rings. The molecule has 1 aliphatic rings. The lowest BCUT2D eigenvalue weighted by molar-refractivity contribution is 0.445. The van der Waals surface area contributed by atoms with E-state index in [-0.39, 0.29) is 0 Å². The molecule has 0 spiro atoms. The molecule has 0 amide bonds. The Morgan fingerprint density at radius 2 is 1.31 bits per heavy atom. The van der Waals surface area contributed by atoms with Gasteiger partial charge in [0.15, 0.2) is 6.10 Å². The summed E-state index contributed by atoms with van der Waals surface area (Å²) in [6.07, 6.45) is 0.424. The SMILES string of the molecule is CC1OC1=C([Si](C)(C)C)[Si](C)(C)C. The Morgan fingerprint density at radius 1 is 1.00 bits per heavy atom. The maximum absolute atomic E-state index is 5.58. The van der Waals surface area contributed by atoms with Gasteiger partial charge >= 0.3 is 0 Å². The van der Waals surface area contributed by atoms with Crippen LogP contribution in [0.2, 0.25) is 39.3 Å². The van der Waals surface area contributed by atoms with Crippen LogP contribution in [0.5, 0.6) is 0 Å². The Kier molecular flexibility index (Phi) is 2.54. The van der Waals surface area contributed by atoms with Gasteiger partial charge in [0.05, 0.1) is 16.1 Å². The van der Waals surface area contributed by atoms with Crippen LogP contribution in [0.4, 0.5) is 0 Å². The lowest BCUT2D eigenvalue weighted by Gasteiger charge is -2.29. The molecule has 0 aliphatic carbocycles. The van der Waals surface area contributed by atoms with E-state index in [1.54, 1.807) is 4.82 Å². The molecule has 1 nitrogen and oxygen atoms in total. The van der Waals surface area contributed by atoms with Crippen LogP contribution in [0.15, 0.2) is 10.6 Å². The van der Waals surface area contributed by atoms with E-state index in [0.29, 0.717) is 6.10 Å². The third-order valence-corrected chi connectivity index (χ3v) is 10.4. The zero-order chi connectivity index (χ0) is 10.4. The fourth-order valence-corrected chi connectivity index (χ4v) is 13.3. The van der Waals surface area contributed by atoms with Crippen LogP contribution in [0.3, 0.4) is 0 Å². The lowest BCUT2D eigenvalue weighted by Crippen LogP contribution is -2.40.